The van der Waals surface area contributed by atoms with Gasteiger partial charge >= 0.3 is 0 Å². The van der Waals surface area contributed by atoms with Gasteiger partial charge in [0.15, 0.2) is 0 Å². The molecule has 0 radical (unpaired) electrons. The van der Waals surface area contributed by atoms with E-state index in [1.165, 1.54) is 19.3 Å². The summed E-state index contributed by atoms with van der Waals surface area (Å²) >= 11 is 6.22. The lowest BCUT2D eigenvalue weighted by atomic mass is 9.97. The third-order valence-electron chi connectivity index (χ3n) is 2.90. The molecule has 4 heteroatoms. The molecule has 0 amide bonds. The van der Waals surface area contributed by atoms with Crippen LogP contribution in [0.15, 0.2) is 6.20 Å². The largest absolute Gasteiger partial charge is 0.188 e. The summed E-state index contributed by atoms with van der Waals surface area (Å²) in [7, 11) is 1.86. The predicted octanol–water partition coefficient (Wildman–Crippen LogP) is 2.47. The van der Waals surface area contributed by atoms with Crippen LogP contribution < -0.4 is 0 Å². The van der Waals surface area contributed by atoms with Gasteiger partial charge in [0.05, 0.1) is 11.9 Å². The number of aromatic nitrogens is 3. The van der Waals surface area contributed by atoms with E-state index >= 15 is 0 Å². The highest BCUT2D eigenvalue weighted by atomic mass is 35.5. The molecular formula is C10H16ClN3. The van der Waals surface area contributed by atoms with Crippen LogP contribution >= 0.6 is 11.6 Å². The van der Waals surface area contributed by atoms with Crippen LogP contribution in [0.4, 0.5) is 0 Å². The molecule has 2 atom stereocenters. The van der Waals surface area contributed by atoms with E-state index in [1.54, 1.807) is 4.80 Å². The minimum absolute atomic E-state index is 0.324. The fourth-order valence-corrected chi connectivity index (χ4v) is 2.49. The Morgan fingerprint density at radius 2 is 2.21 bits per heavy atom. The molecule has 1 fully saturated rings. The Morgan fingerprint density at radius 1 is 1.43 bits per heavy atom. The number of hydrogen-bond acceptors (Lipinski definition) is 2. The summed E-state index contributed by atoms with van der Waals surface area (Å²) in [6.45, 7) is 0. The Morgan fingerprint density at radius 3 is 2.93 bits per heavy atom. The number of hydrogen-bond donors (Lipinski definition) is 0. The van der Waals surface area contributed by atoms with Crippen molar-refractivity contribution in [1.82, 2.24) is 15.0 Å². The van der Waals surface area contributed by atoms with E-state index in [0.29, 0.717) is 11.3 Å². The molecule has 0 spiro atoms. The topological polar surface area (TPSA) is 30.7 Å². The van der Waals surface area contributed by atoms with Crippen molar-refractivity contribution in [3.05, 3.63) is 11.9 Å². The molecule has 0 aromatic carbocycles. The lowest BCUT2D eigenvalue weighted by Crippen LogP contribution is -2.05. The zero-order chi connectivity index (χ0) is 9.97. The van der Waals surface area contributed by atoms with Gasteiger partial charge in [-0.15, -0.1) is 11.6 Å². The van der Waals surface area contributed by atoms with Gasteiger partial charge in [0.1, 0.15) is 0 Å². The maximum atomic E-state index is 6.22. The van der Waals surface area contributed by atoms with Crippen LogP contribution in [-0.2, 0) is 7.05 Å². The molecule has 14 heavy (non-hydrogen) atoms. The molecule has 1 aliphatic carbocycles. The van der Waals surface area contributed by atoms with Gasteiger partial charge in [-0.1, -0.05) is 12.8 Å². The maximum absolute atomic E-state index is 6.22. The second-order valence-corrected chi connectivity index (χ2v) is 4.69. The van der Waals surface area contributed by atoms with Crippen molar-refractivity contribution in [1.29, 1.82) is 0 Å². The molecule has 78 valence electrons. The van der Waals surface area contributed by atoms with Crippen molar-refractivity contribution >= 4 is 11.6 Å². The van der Waals surface area contributed by atoms with Gasteiger partial charge in [-0.05, 0) is 19.3 Å². The molecule has 2 rings (SSSR count). The lowest BCUT2D eigenvalue weighted by Gasteiger charge is -2.12. The first-order valence-corrected chi connectivity index (χ1v) is 5.69. The lowest BCUT2D eigenvalue weighted by molar-refractivity contribution is 0.561. The summed E-state index contributed by atoms with van der Waals surface area (Å²) in [4.78, 5) is 1.63. The van der Waals surface area contributed by atoms with Gasteiger partial charge in [0.2, 0.25) is 0 Å². The molecule has 2 unspecified atom stereocenters. The first-order chi connectivity index (χ1) is 6.75. The van der Waals surface area contributed by atoms with E-state index < -0.39 is 0 Å². The molecule has 1 saturated carbocycles. The zero-order valence-electron chi connectivity index (χ0n) is 8.49. The number of aryl methyl sites for hydroxylation is 1. The van der Waals surface area contributed by atoms with Crippen LogP contribution in [0.5, 0.6) is 0 Å². The van der Waals surface area contributed by atoms with Crippen molar-refractivity contribution in [3.8, 4) is 0 Å². The molecular weight excluding hydrogens is 198 g/mol. The summed E-state index contributed by atoms with van der Waals surface area (Å²) in [5.41, 5.74) is 1.11. The van der Waals surface area contributed by atoms with E-state index in [1.807, 2.05) is 13.2 Å². The third-order valence-corrected chi connectivity index (χ3v) is 3.29. The Bertz CT molecular complexity index is 297. The highest BCUT2D eigenvalue weighted by Crippen LogP contribution is 2.32. The van der Waals surface area contributed by atoms with Crippen LogP contribution in [0, 0.1) is 0 Å². The quantitative estimate of drug-likeness (QED) is 0.530. The van der Waals surface area contributed by atoms with Gasteiger partial charge in [0.25, 0.3) is 0 Å². The highest BCUT2D eigenvalue weighted by Gasteiger charge is 2.21. The Labute approximate surface area is 89.4 Å². The Kier molecular flexibility index (Phi) is 3.06. The van der Waals surface area contributed by atoms with Gasteiger partial charge in [-0.25, -0.2) is 0 Å². The number of halogens is 1. The molecule has 0 aliphatic heterocycles. The normalized spacial score (nSPS) is 28.7. The Balaban J connectivity index is 2.08. The van der Waals surface area contributed by atoms with Crippen LogP contribution in [0.25, 0.3) is 0 Å². The van der Waals surface area contributed by atoms with Gasteiger partial charge in [0, 0.05) is 18.3 Å². The molecule has 0 bridgehead atoms. The summed E-state index contributed by atoms with van der Waals surface area (Å²) in [5, 5.41) is 8.79. The zero-order valence-corrected chi connectivity index (χ0v) is 9.24. The van der Waals surface area contributed by atoms with Crippen molar-refractivity contribution in [2.24, 2.45) is 7.05 Å². The van der Waals surface area contributed by atoms with Crippen LogP contribution in [0.1, 0.15) is 43.7 Å². The number of rotatable bonds is 1. The third kappa shape index (κ3) is 2.27. The van der Waals surface area contributed by atoms with Gasteiger partial charge in [-0.2, -0.15) is 15.0 Å². The standard InChI is InChI=1S/C10H16ClN3/c1-14-12-7-10(13-14)8-4-2-3-5-9(11)6-8/h7-9H,2-6H2,1H3. The van der Waals surface area contributed by atoms with E-state index in [4.69, 9.17) is 11.6 Å². The smallest absolute Gasteiger partial charge is 0.0858 e. The fraction of sp³-hybridized carbons (Fsp3) is 0.800. The summed E-state index contributed by atoms with van der Waals surface area (Å²) in [6.07, 6.45) is 7.81. The van der Waals surface area contributed by atoms with Crippen molar-refractivity contribution in [2.75, 3.05) is 0 Å². The minimum Gasteiger partial charge on any atom is -0.188 e. The van der Waals surface area contributed by atoms with E-state index in [-0.39, 0.29) is 0 Å². The number of alkyl halides is 1. The molecule has 1 aliphatic rings. The Hall–Kier alpha value is -0.570. The van der Waals surface area contributed by atoms with Crippen molar-refractivity contribution in [2.45, 2.75) is 43.4 Å². The molecule has 3 nitrogen and oxygen atoms in total. The average molecular weight is 214 g/mol. The first-order valence-electron chi connectivity index (χ1n) is 5.26. The molecule has 1 aromatic rings. The maximum Gasteiger partial charge on any atom is 0.0858 e. The summed E-state index contributed by atoms with van der Waals surface area (Å²) < 4.78 is 0. The number of nitrogens with zero attached hydrogens (tertiary/aromatic N) is 3. The van der Waals surface area contributed by atoms with Gasteiger partial charge in [-0.3, -0.25) is 0 Å². The van der Waals surface area contributed by atoms with Crippen LogP contribution in [-0.4, -0.2) is 20.4 Å². The average Bonchev–Trinajstić information content (AvgIpc) is 2.45. The van der Waals surface area contributed by atoms with Gasteiger partial charge < -0.3 is 0 Å². The highest BCUT2D eigenvalue weighted by molar-refractivity contribution is 6.20. The molecule has 1 aromatic heterocycles. The minimum atomic E-state index is 0.324. The summed E-state index contributed by atoms with van der Waals surface area (Å²) in [6, 6.07) is 0. The molecule has 0 saturated heterocycles. The van der Waals surface area contributed by atoms with E-state index in [0.717, 1.165) is 18.5 Å². The fourth-order valence-electron chi connectivity index (χ4n) is 2.12. The van der Waals surface area contributed by atoms with E-state index in [2.05, 4.69) is 10.2 Å². The second-order valence-electron chi connectivity index (χ2n) is 4.07. The van der Waals surface area contributed by atoms with Crippen molar-refractivity contribution in [3.63, 3.8) is 0 Å². The molecule has 0 N–H and O–H groups in total. The molecule has 1 heterocycles. The van der Waals surface area contributed by atoms with E-state index in [9.17, 15) is 0 Å². The van der Waals surface area contributed by atoms with Crippen molar-refractivity contribution < 1.29 is 0 Å². The monoisotopic (exact) mass is 213 g/mol. The second kappa shape index (κ2) is 4.30. The SMILES string of the molecule is Cn1ncc(C2CCCCC(Cl)C2)n1. The summed E-state index contributed by atoms with van der Waals surface area (Å²) in [5.74, 6) is 0.522. The predicted molar refractivity (Wildman–Crippen MR) is 56.5 cm³/mol. The first kappa shape index (κ1) is 9.97. The van der Waals surface area contributed by atoms with Crippen LogP contribution in [0.2, 0.25) is 0 Å². The van der Waals surface area contributed by atoms with Crippen LogP contribution in [0.3, 0.4) is 0 Å².